The van der Waals surface area contributed by atoms with Gasteiger partial charge in [0.15, 0.2) is 5.82 Å². The molecule has 5 rings (SSSR count). The van der Waals surface area contributed by atoms with Gasteiger partial charge in [0.1, 0.15) is 0 Å². The van der Waals surface area contributed by atoms with Gasteiger partial charge in [-0.05, 0) is 60.3 Å². The molecule has 5 unspecified atom stereocenters. The zero-order valence-corrected chi connectivity index (χ0v) is 23.5. The van der Waals surface area contributed by atoms with Crippen LogP contribution in [0.15, 0.2) is 46.3 Å². The van der Waals surface area contributed by atoms with Gasteiger partial charge in [0.25, 0.3) is 0 Å². The molecule has 1 aromatic carbocycles. The molecule has 0 spiro atoms. The van der Waals surface area contributed by atoms with Gasteiger partial charge in [-0.1, -0.05) is 64.0 Å². The summed E-state index contributed by atoms with van der Waals surface area (Å²) < 4.78 is 1.81. The Balaban J connectivity index is 1.35. The number of aliphatic carboxylic acids is 1. The number of allylic oxidation sites excluding steroid dienone is 1. The maximum absolute atomic E-state index is 13.3. The Hall–Kier alpha value is -3.82. The topological polar surface area (TPSA) is 142 Å². The number of tetrazole rings is 1. The fraction of sp³-hybridized carbons (Fsp3) is 0.533. The first-order valence-electron chi connectivity index (χ1n) is 14.5. The number of benzene rings is 1. The number of aromatic amines is 2. The Labute approximate surface area is 234 Å². The fourth-order valence-electron chi connectivity index (χ4n) is 6.85. The number of nitrogens with zero attached hydrogens (tertiary/aromatic N) is 5. The average molecular weight is 546 g/mol. The molecule has 0 saturated heterocycles. The molecule has 212 valence electrons. The standard InChI is InChI=1S/C30H39N7O3/c1-4-8-26(27-21(18(2)3)11-7-12-24(27)29(38)39)37-17-20(32-30(37)40)15-19-13-14-25(31-16-19)22-9-5-6-10-23(22)28-33-35-36-34-28/h5-6,9-10,14,16-19,21,24,26-27H,4,7-8,11-13,15H2,1-3H3,(H,32,40)(H,38,39)(H,33,34,35,36). The number of nitrogens with one attached hydrogen (secondary N) is 2. The van der Waals surface area contributed by atoms with Crippen molar-refractivity contribution in [2.75, 3.05) is 0 Å². The first kappa shape index (κ1) is 27.7. The minimum Gasteiger partial charge on any atom is -0.481 e. The van der Waals surface area contributed by atoms with Crippen molar-refractivity contribution in [3.8, 4) is 11.4 Å². The first-order chi connectivity index (χ1) is 19.4. The monoisotopic (exact) mass is 545 g/mol. The van der Waals surface area contributed by atoms with Crippen molar-refractivity contribution in [1.82, 2.24) is 30.2 Å². The van der Waals surface area contributed by atoms with Gasteiger partial charge >= 0.3 is 11.7 Å². The van der Waals surface area contributed by atoms with E-state index >= 15 is 0 Å². The van der Waals surface area contributed by atoms with Crippen LogP contribution in [0.2, 0.25) is 0 Å². The second-order valence-electron chi connectivity index (χ2n) is 11.6. The Kier molecular flexibility index (Phi) is 8.42. The van der Waals surface area contributed by atoms with E-state index < -0.39 is 11.9 Å². The molecule has 3 heterocycles. The van der Waals surface area contributed by atoms with Crippen LogP contribution >= 0.6 is 0 Å². The van der Waals surface area contributed by atoms with Gasteiger partial charge in [-0.2, -0.15) is 0 Å². The maximum atomic E-state index is 13.3. The van der Waals surface area contributed by atoms with Crippen molar-refractivity contribution in [2.24, 2.45) is 34.6 Å². The molecular formula is C30H39N7O3. The van der Waals surface area contributed by atoms with Crippen molar-refractivity contribution in [1.29, 1.82) is 0 Å². The molecular weight excluding hydrogens is 506 g/mol. The lowest BCUT2D eigenvalue weighted by molar-refractivity contribution is -0.148. The van der Waals surface area contributed by atoms with Gasteiger partial charge in [0, 0.05) is 41.2 Å². The van der Waals surface area contributed by atoms with E-state index in [0.717, 1.165) is 54.6 Å². The second-order valence-corrected chi connectivity index (χ2v) is 11.6. The lowest BCUT2D eigenvalue weighted by Gasteiger charge is -2.43. The molecule has 0 radical (unpaired) electrons. The van der Waals surface area contributed by atoms with Crippen LogP contribution in [0.3, 0.4) is 0 Å². The second kappa shape index (κ2) is 12.1. The molecule has 3 aromatic rings. The molecule has 10 nitrogen and oxygen atoms in total. The molecule has 3 N–H and O–H groups in total. The van der Waals surface area contributed by atoms with E-state index in [1.807, 2.05) is 41.2 Å². The number of H-pyrrole nitrogens is 2. The highest BCUT2D eigenvalue weighted by atomic mass is 16.4. The normalized spacial score (nSPS) is 23.8. The molecule has 0 bridgehead atoms. The zero-order chi connectivity index (χ0) is 28.2. The first-order valence-corrected chi connectivity index (χ1v) is 14.5. The largest absolute Gasteiger partial charge is 0.481 e. The third-order valence-electron chi connectivity index (χ3n) is 8.69. The molecule has 2 aliphatic rings. The summed E-state index contributed by atoms with van der Waals surface area (Å²) in [5, 5.41) is 24.4. The van der Waals surface area contributed by atoms with E-state index in [4.69, 9.17) is 4.99 Å². The van der Waals surface area contributed by atoms with Crippen molar-refractivity contribution >= 4 is 17.9 Å². The van der Waals surface area contributed by atoms with Crippen molar-refractivity contribution in [2.45, 2.75) is 71.8 Å². The van der Waals surface area contributed by atoms with Crippen LogP contribution in [0, 0.1) is 29.6 Å². The molecule has 2 aromatic heterocycles. The predicted molar refractivity (Wildman–Crippen MR) is 154 cm³/mol. The van der Waals surface area contributed by atoms with Crippen LogP contribution in [0.5, 0.6) is 0 Å². The van der Waals surface area contributed by atoms with Crippen molar-refractivity contribution in [3.63, 3.8) is 0 Å². The number of hydrogen-bond donors (Lipinski definition) is 3. The molecule has 0 amide bonds. The van der Waals surface area contributed by atoms with E-state index in [-0.39, 0.29) is 29.5 Å². The molecule has 1 aliphatic carbocycles. The highest BCUT2D eigenvalue weighted by Crippen LogP contribution is 2.46. The fourth-order valence-corrected chi connectivity index (χ4v) is 6.85. The SMILES string of the molecule is CCCC(C1C(C(=O)O)CCCC1C(C)C)n1cc(CC2C=NC(c3ccccc3-c3nnn[nH]3)=CC2)[nH]c1=O. The highest BCUT2D eigenvalue weighted by Gasteiger charge is 2.44. The van der Waals surface area contributed by atoms with Crippen LogP contribution in [0.1, 0.15) is 76.6 Å². The highest BCUT2D eigenvalue weighted by molar-refractivity contribution is 5.84. The third kappa shape index (κ3) is 5.71. The third-order valence-corrected chi connectivity index (χ3v) is 8.69. The summed E-state index contributed by atoms with van der Waals surface area (Å²) in [7, 11) is 0. The van der Waals surface area contributed by atoms with Crippen LogP contribution in [-0.4, -0.2) is 47.5 Å². The molecule has 1 saturated carbocycles. The maximum Gasteiger partial charge on any atom is 0.325 e. The summed E-state index contributed by atoms with van der Waals surface area (Å²) in [4.78, 5) is 33.4. The predicted octanol–water partition coefficient (Wildman–Crippen LogP) is 5.15. The number of carbonyl (C=O) groups is 1. The van der Waals surface area contributed by atoms with Gasteiger partial charge in [-0.15, -0.1) is 5.10 Å². The smallest absolute Gasteiger partial charge is 0.325 e. The Morgan fingerprint density at radius 3 is 2.65 bits per heavy atom. The van der Waals surface area contributed by atoms with Gasteiger partial charge in [-0.3, -0.25) is 14.4 Å². The quantitative estimate of drug-likeness (QED) is 0.322. The Morgan fingerprint density at radius 1 is 1.20 bits per heavy atom. The van der Waals surface area contributed by atoms with Gasteiger partial charge in [0.2, 0.25) is 0 Å². The van der Waals surface area contributed by atoms with E-state index in [0.29, 0.717) is 24.6 Å². The number of imidazole rings is 1. The average Bonchev–Trinajstić information content (AvgIpc) is 3.62. The van der Waals surface area contributed by atoms with E-state index in [1.54, 1.807) is 0 Å². The number of rotatable bonds is 10. The lowest BCUT2D eigenvalue weighted by atomic mass is 9.64. The number of hydrogen-bond acceptors (Lipinski definition) is 6. The van der Waals surface area contributed by atoms with E-state index in [9.17, 15) is 14.7 Å². The Morgan fingerprint density at radius 2 is 2.00 bits per heavy atom. The summed E-state index contributed by atoms with van der Waals surface area (Å²) in [6.07, 6.45) is 11.8. The molecule has 1 aliphatic heterocycles. The van der Waals surface area contributed by atoms with Crippen LogP contribution in [0.4, 0.5) is 0 Å². The minimum atomic E-state index is -0.734. The van der Waals surface area contributed by atoms with Gasteiger partial charge in [0.05, 0.1) is 11.6 Å². The summed E-state index contributed by atoms with van der Waals surface area (Å²) in [5.41, 5.74) is 3.42. The van der Waals surface area contributed by atoms with Gasteiger partial charge < -0.3 is 10.1 Å². The Bertz CT molecular complexity index is 1420. The molecule has 40 heavy (non-hydrogen) atoms. The van der Waals surface area contributed by atoms with E-state index in [1.165, 1.54) is 0 Å². The van der Waals surface area contributed by atoms with Crippen LogP contribution < -0.4 is 5.69 Å². The lowest BCUT2D eigenvalue weighted by Crippen LogP contribution is -2.43. The number of carboxylic acid groups (broad SMARTS) is 1. The molecule has 1 fully saturated rings. The number of carboxylic acids is 1. The number of aliphatic imine (C=N–C) groups is 1. The molecule has 5 atom stereocenters. The zero-order valence-electron chi connectivity index (χ0n) is 23.5. The van der Waals surface area contributed by atoms with Crippen LogP contribution in [-0.2, 0) is 11.2 Å². The minimum absolute atomic E-state index is 0.0612. The summed E-state index contributed by atoms with van der Waals surface area (Å²) in [6.45, 7) is 6.47. The summed E-state index contributed by atoms with van der Waals surface area (Å²) in [6, 6.07) is 7.75. The molecule has 10 heteroatoms. The van der Waals surface area contributed by atoms with E-state index in [2.05, 4.69) is 52.5 Å². The van der Waals surface area contributed by atoms with Crippen molar-refractivity contribution in [3.05, 3.63) is 58.3 Å². The van der Waals surface area contributed by atoms with Gasteiger partial charge in [-0.25, -0.2) is 9.89 Å². The summed E-state index contributed by atoms with van der Waals surface area (Å²) >= 11 is 0. The summed E-state index contributed by atoms with van der Waals surface area (Å²) in [5.74, 6) is 0.164. The number of aromatic nitrogens is 6. The van der Waals surface area contributed by atoms with Crippen LogP contribution in [0.25, 0.3) is 17.1 Å². The van der Waals surface area contributed by atoms with Crippen molar-refractivity contribution < 1.29 is 9.90 Å².